The van der Waals surface area contributed by atoms with Crippen molar-refractivity contribution in [2.45, 2.75) is 6.42 Å². The van der Waals surface area contributed by atoms with E-state index < -0.39 is 11.6 Å². The Balaban J connectivity index is 2.29. The van der Waals surface area contributed by atoms with Gasteiger partial charge in [0.1, 0.15) is 0 Å². The first-order valence-corrected chi connectivity index (χ1v) is 4.66. The van der Waals surface area contributed by atoms with Gasteiger partial charge in [-0.1, -0.05) is 42.5 Å². The molecule has 0 spiro atoms. The van der Waals surface area contributed by atoms with Crippen molar-refractivity contribution < 1.29 is 8.78 Å². The molecule has 2 aromatic carbocycles. The van der Waals surface area contributed by atoms with Crippen LogP contribution in [-0.4, -0.2) is 0 Å². The molecule has 0 heterocycles. The predicted molar refractivity (Wildman–Crippen MR) is 54.4 cm³/mol. The zero-order chi connectivity index (χ0) is 10.7. The summed E-state index contributed by atoms with van der Waals surface area (Å²) in [6, 6.07) is 14.5. The molecule has 0 saturated carbocycles. The number of hydrogen-bond donors (Lipinski definition) is 0. The Kier molecular flexibility index (Phi) is 2.77. The maximum atomic E-state index is 13.3. The molecule has 2 rings (SSSR count). The van der Waals surface area contributed by atoms with Crippen molar-refractivity contribution in [3.63, 3.8) is 0 Å². The highest BCUT2D eigenvalue weighted by molar-refractivity contribution is 5.27. The first kappa shape index (κ1) is 9.84. The molecule has 0 fully saturated rings. The van der Waals surface area contributed by atoms with Gasteiger partial charge in [0.25, 0.3) is 0 Å². The predicted octanol–water partition coefficient (Wildman–Crippen LogP) is 3.36. The van der Waals surface area contributed by atoms with Gasteiger partial charge in [-0.05, 0) is 11.1 Å². The van der Waals surface area contributed by atoms with Crippen molar-refractivity contribution in [2.75, 3.05) is 0 Å². The third kappa shape index (κ3) is 2.21. The second-order valence-electron chi connectivity index (χ2n) is 3.29. The van der Waals surface area contributed by atoms with Gasteiger partial charge in [-0.15, -0.1) is 0 Å². The maximum Gasteiger partial charge on any atom is 0.167 e. The summed E-state index contributed by atoms with van der Waals surface area (Å²) >= 11 is 0. The van der Waals surface area contributed by atoms with Gasteiger partial charge >= 0.3 is 0 Å². The Morgan fingerprint density at radius 3 is 2.47 bits per heavy atom. The van der Waals surface area contributed by atoms with E-state index in [-0.39, 0.29) is 0 Å². The Bertz CT molecular complexity index is 449. The van der Waals surface area contributed by atoms with Crippen LogP contribution in [0.1, 0.15) is 11.1 Å². The molecule has 0 atom stereocenters. The van der Waals surface area contributed by atoms with E-state index in [2.05, 4.69) is 6.07 Å². The van der Waals surface area contributed by atoms with E-state index in [4.69, 9.17) is 0 Å². The summed E-state index contributed by atoms with van der Waals surface area (Å²) in [5, 5.41) is 0. The van der Waals surface area contributed by atoms with Gasteiger partial charge in [0.05, 0.1) is 0 Å². The number of halogens is 2. The first-order valence-electron chi connectivity index (χ1n) is 4.66. The third-order valence-electron chi connectivity index (χ3n) is 2.21. The molecule has 0 aliphatic carbocycles. The van der Waals surface area contributed by atoms with Crippen LogP contribution in [0.2, 0.25) is 0 Å². The van der Waals surface area contributed by atoms with Crippen molar-refractivity contribution in [1.29, 1.82) is 0 Å². The quantitative estimate of drug-likeness (QED) is 0.702. The van der Waals surface area contributed by atoms with E-state index in [9.17, 15) is 8.78 Å². The molecule has 0 saturated heterocycles. The number of benzene rings is 2. The normalized spacial score (nSPS) is 10.3. The van der Waals surface area contributed by atoms with Crippen molar-refractivity contribution in [2.24, 2.45) is 0 Å². The SMILES string of the molecule is Fc1[c]ccc(Cc2ccccc2)c1F. The summed E-state index contributed by atoms with van der Waals surface area (Å²) in [4.78, 5) is 0. The van der Waals surface area contributed by atoms with Gasteiger partial charge < -0.3 is 0 Å². The maximum absolute atomic E-state index is 13.3. The highest BCUT2D eigenvalue weighted by Gasteiger charge is 2.07. The molecule has 0 bridgehead atoms. The lowest BCUT2D eigenvalue weighted by Crippen LogP contribution is -1.95. The van der Waals surface area contributed by atoms with E-state index in [0.717, 1.165) is 5.56 Å². The Morgan fingerprint density at radius 1 is 1.00 bits per heavy atom. The van der Waals surface area contributed by atoms with Crippen LogP contribution < -0.4 is 0 Å². The molecule has 2 aromatic rings. The number of rotatable bonds is 2. The molecule has 0 aromatic heterocycles. The summed E-state index contributed by atoms with van der Waals surface area (Å²) in [6.45, 7) is 0. The van der Waals surface area contributed by atoms with Crippen molar-refractivity contribution in [1.82, 2.24) is 0 Å². The molecule has 0 amide bonds. The summed E-state index contributed by atoms with van der Waals surface area (Å²) in [7, 11) is 0. The summed E-state index contributed by atoms with van der Waals surface area (Å²) in [5.74, 6) is -1.72. The van der Waals surface area contributed by atoms with Gasteiger partial charge in [-0.2, -0.15) is 0 Å². The molecule has 0 aliphatic heterocycles. The van der Waals surface area contributed by atoms with Crippen molar-refractivity contribution in [3.05, 3.63) is 71.3 Å². The van der Waals surface area contributed by atoms with Crippen LogP contribution in [0.5, 0.6) is 0 Å². The molecule has 1 radical (unpaired) electrons. The Morgan fingerprint density at radius 2 is 1.73 bits per heavy atom. The van der Waals surface area contributed by atoms with E-state index in [0.29, 0.717) is 12.0 Å². The molecule has 15 heavy (non-hydrogen) atoms. The molecule has 0 N–H and O–H groups in total. The van der Waals surface area contributed by atoms with Gasteiger partial charge in [0.15, 0.2) is 11.6 Å². The fraction of sp³-hybridized carbons (Fsp3) is 0.0769. The average Bonchev–Trinajstić information content (AvgIpc) is 2.26. The minimum atomic E-state index is -0.913. The van der Waals surface area contributed by atoms with Gasteiger partial charge in [0.2, 0.25) is 0 Å². The topological polar surface area (TPSA) is 0 Å². The summed E-state index contributed by atoms with van der Waals surface area (Å²) in [6.07, 6.45) is 0.401. The van der Waals surface area contributed by atoms with Crippen molar-refractivity contribution in [3.8, 4) is 0 Å². The van der Waals surface area contributed by atoms with Crippen LogP contribution in [0.25, 0.3) is 0 Å². The molecule has 0 unspecified atom stereocenters. The van der Waals surface area contributed by atoms with Crippen LogP contribution >= 0.6 is 0 Å². The van der Waals surface area contributed by atoms with Crippen LogP contribution in [-0.2, 0) is 6.42 Å². The molecule has 0 nitrogen and oxygen atoms in total. The second kappa shape index (κ2) is 4.22. The average molecular weight is 203 g/mol. The molecular weight excluding hydrogens is 194 g/mol. The van der Waals surface area contributed by atoms with Crippen LogP contribution in [0, 0.1) is 17.7 Å². The zero-order valence-corrected chi connectivity index (χ0v) is 8.00. The van der Waals surface area contributed by atoms with Gasteiger partial charge in [-0.25, -0.2) is 8.78 Å². The highest BCUT2D eigenvalue weighted by atomic mass is 19.2. The lowest BCUT2D eigenvalue weighted by atomic mass is 10.0. The van der Waals surface area contributed by atoms with Gasteiger partial charge in [0, 0.05) is 12.5 Å². The van der Waals surface area contributed by atoms with E-state index >= 15 is 0 Å². The van der Waals surface area contributed by atoms with Crippen LogP contribution in [0.15, 0.2) is 42.5 Å². The molecule has 75 valence electrons. The molecular formula is C13H9F2. The van der Waals surface area contributed by atoms with E-state index in [1.165, 1.54) is 6.07 Å². The second-order valence-corrected chi connectivity index (χ2v) is 3.29. The van der Waals surface area contributed by atoms with Crippen LogP contribution in [0.3, 0.4) is 0 Å². The first-order chi connectivity index (χ1) is 7.27. The fourth-order valence-corrected chi connectivity index (χ4v) is 1.45. The smallest absolute Gasteiger partial charge is 0.167 e. The largest absolute Gasteiger partial charge is 0.203 e. The Hall–Kier alpha value is -1.70. The van der Waals surface area contributed by atoms with Crippen molar-refractivity contribution >= 4 is 0 Å². The van der Waals surface area contributed by atoms with Gasteiger partial charge in [-0.3, -0.25) is 0 Å². The fourth-order valence-electron chi connectivity index (χ4n) is 1.45. The standard InChI is InChI=1S/C13H9F2/c14-12-8-4-7-11(13(12)15)9-10-5-2-1-3-6-10/h1-7H,9H2. The summed E-state index contributed by atoms with van der Waals surface area (Å²) < 4.78 is 26.1. The van der Waals surface area contributed by atoms with E-state index in [1.54, 1.807) is 6.07 Å². The lowest BCUT2D eigenvalue weighted by molar-refractivity contribution is 0.499. The minimum Gasteiger partial charge on any atom is -0.203 e. The minimum absolute atomic E-state index is 0.359. The zero-order valence-electron chi connectivity index (χ0n) is 8.00. The number of hydrogen-bond acceptors (Lipinski definition) is 0. The van der Waals surface area contributed by atoms with Crippen LogP contribution in [0.4, 0.5) is 8.78 Å². The molecule has 0 aliphatic rings. The monoisotopic (exact) mass is 203 g/mol. The Labute approximate surface area is 87.2 Å². The van der Waals surface area contributed by atoms with E-state index in [1.807, 2.05) is 30.3 Å². The third-order valence-corrected chi connectivity index (χ3v) is 2.21. The lowest BCUT2D eigenvalue weighted by Gasteiger charge is -2.03. The highest BCUT2D eigenvalue weighted by Crippen LogP contribution is 2.15. The summed E-state index contributed by atoms with van der Waals surface area (Å²) in [5.41, 5.74) is 1.32. The molecule has 2 heteroatoms.